The molecule has 110 valence electrons. The highest BCUT2D eigenvalue weighted by Gasteiger charge is 2.19. The molecule has 3 nitrogen and oxygen atoms in total. The normalized spacial score (nSPS) is 15.8. The van der Waals surface area contributed by atoms with Gasteiger partial charge in [-0.1, -0.05) is 30.3 Å². The Kier molecular flexibility index (Phi) is 3.95. The van der Waals surface area contributed by atoms with Crippen LogP contribution in [0.2, 0.25) is 0 Å². The molecule has 1 aliphatic rings. The van der Waals surface area contributed by atoms with Crippen LogP contribution in [0.25, 0.3) is 0 Å². The van der Waals surface area contributed by atoms with Crippen molar-refractivity contribution in [2.45, 2.75) is 32.6 Å². The van der Waals surface area contributed by atoms with E-state index in [9.17, 15) is 0 Å². The maximum Gasteiger partial charge on any atom is 0.123 e. The van der Waals surface area contributed by atoms with Crippen LogP contribution in [0.15, 0.2) is 42.5 Å². The standard InChI is InChI=1S/C18H22N2O/c1-13(19)14-7-8-18(21-2)17(9-14)12-20-10-15-5-3-4-6-16(15)11-20/h3-9,13H,10-12,19H2,1-2H3. The summed E-state index contributed by atoms with van der Waals surface area (Å²) >= 11 is 0. The van der Waals surface area contributed by atoms with Gasteiger partial charge in [-0.15, -0.1) is 0 Å². The van der Waals surface area contributed by atoms with Crippen molar-refractivity contribution < 1.29 is 4.74 Å². The van der Waals surface area contributed by atoms with Gasteiger partial charge in [0.2, 0.25) is 0 Å². The minimum Gasteiger partial charge on any atom is -0.496 e. The molecule has 3 heteroatoms. The van der Waals surface area contributed by atoms with Gasteiger partial charge in [-0.25, -0.2) is 0 Å². The van der Waals surface area contributed by atoms with E-state index in [1.807, 2.05) is 19.1 Å². The van der Waals surface area contributed by atoms with Crippen LogP contribution in [0.4, 0.5) is 0 Å². The Bertz CT molecular complexity index is 612. The van der Waals surface area contributed by atoms with Crippen LogP contribution in [-0.4, -0.2) is 12.0 Å². The summed E-state index contributed by atoms with van der Waals surface area (Å²) in [6.07, 6.45) is 0. The summed E-state index contributed by atoms with van der Waals surface area (Å²) in [5.41, 5.74) is 11.2. The van der Waals surface area contributed by atoms with Crippen LogP contribution in [0, 0.1) is 0 Å². The number of hydrogen-bond acceptors (Lipinski definition) is 3. The predicted octanol–water partition coefficient (Wildman–Crippen LogP) is 3.23. The van der Waals surface area contributed by atoms with Crippen molar-refractivity contribution >= 4 is 0 Å². The molecule has 2 N–H and O–H groups in total. The van der Waals surface area contributed by atoms with Crippen LogP contribution in [-0.2, 0) is 19.6 Å². The third-order valence-corrected chi connectivity index (χ3v) is 4.13. The number of hydrogen-bond donors (Lipinski definition) is 1. The number of benzene rings is 2. The summed E-state index contributed by atoms with van der Waals surface area (Å²) < 4.78 is 5.50. The lowest BCUT2D eigenvalue weighted by atomic mass is 10.0. The molecule has 0 radical (unpaired) electrons. The zero-order valence-corrected chi connectivity index (χ0v) is 12.7. The van der Waals surface area contributed by atoms with Gasteiger partial charge in [-0.3, -0.25) is 4.90 Å². The van der Waals surface area contributed by atoms with Crippen molar-refractivity contribution in [2.75, 3.05) is 7.11 Å². The van der Waals surface area contributed by atoms with Crippen molar-refractivity contribution in [3.63, 3.8) is 0 Å². The molecule has 0 spiro atoms. The van der Waals surface area contributed by atoms with E-state index in [4.69, 9.17) is 10.5 Å². The molecule has 0 saturated heterocycles. The molecular weight excluding hydrogens is 260 g/mol. The molecule has 1 heterocycles. The molecule has 2 aromatic rings. The lowest BCUT2D eigenvalue weighted by Crippen LogP contribution is -2.17. The summed E-state index contributed by atoms with van der Waals surface area (Å²) in [5, 5.41) is 0. The van der Waals surface area contributed by atoms with E-state index >= 15 is 0 Å². The molecule has 0 fully saturated rings. The van der Waals surface area contributed by atoms with Gasteiger partial charge in [-0.05, 0) is 35.7 Å². The van der Waals surface area contributed by atoms with Gasteiger partial charge in [0.15, 0.2) is 0 Å². The number of nitrogens with zero attached hydrogens (tertiary/aromatic N) is 1. The minimum absolute atomic E-state index is 0.0467. The maximum absolute atomic E-state index is 6.00. The van der Waals surface area contributed by atoms with Crippen molar-refractivity contribution in [3.8, 4) is 5.75 Å². The molecule has 0 amide bonds. The summed E-state index contributed by atoms with van der Waals surface area (Å²) in [5.74, 6) is 0.940. The van der Waals surface area contributed by atoms with Crippen molar-refractivity contribution in [2.24, 2.45) is 5.73 Å². The smallest absolute Gasteiger partial charge is 0.123 e. The monoisotopic (exact) mass is 282 g/mol. The highest BCUT2D eigenvalue weighted by atomic mass is 16.5. The van der Waals surface area contributed by atoms with Gasteiger partial charge in [0.25, 0.3) is 0 Å². The molecule has 0 saturated carbocycles. The van der Waals surface area contributed by atoms with Crippen LogP contribution >= 0.6 is 0 Å². The number of methoxy groups -OCH3 is 1. The topological polar surface area (TPSA) is 38.5 Å². The molecule has 3 rings (SSSR count). The Hall–Kier alpha value is -1.84. The molecule has 2 aromatic carbocycles. The molecule has 0 aliphatic carbocycles. The second-order valence-corrected chi connectivity index (χ2v) is 5.77. The average Bonchev–Trinajstić information content (AvgIpc) is 2.89. The van der Waals surface area contributed by atoms with Gasteiger partial charge in [0.05, 0.1) is 7.11 Å². The summed E-state index contributed by atoms with van der Waals surface area (Å²) in [4.78, 5) is 2.44. The summed E-state index contributed by atoms with van der Waals surface area (Å²) in [6.45, 7) is 4.90. The van der Waals surface area contributed by atoms with E-state index in [2.05, 4.69) is 35.2 Å². The molecule has 1 aliphatic heterocycles. The van der Waals surface area contributed by atoms with Gasteiger partial charge in [-0.2, -0.15) is 0 Å². The van der Waals surface area contributed by atoms with Crippen LogP contribution in [0.1, 0.15) is 35.2 Å². The molecule has 1 atom stereocenters. The zero-order valence-electron chi connectivity index (χ0n) is 12.7. The first kappa shape index (κ1) is 14.1. The maximum atomic E-state index is 6.00. The highest BCUT2D eigenvalue weighted by molar-refractivity contribution is 5.39. The quantitative estimate of drug-likeness (QED) is 0.935. The lowest BCUT2D eigenvalue weighted by Gasteiger charge is -2.18. The number of fused-ring (bicyclic) bond motifs is 1. The Balaban J connectivity index is 1.81. The van der Waals surface area contributed by atoms with E-state index in [0.29, 0.717) is 0 Å². The molecular formula is C18H22N2O. The fourth-order valence-corrected chi connectivity index (χ4v) is 2.96. The number of rotatable bonds is 4. The van der Waals surface area contributed by atoms with Crippen LogP contribution in [0.5, 0.6) is 5.75 Å². The van der Waals surface area contributed by atoms with Crippen LogP contribution < -0.4 is 10.5 Å². The van der Waals surface area contributed by atoms with Gasteiger partial charge in [0.1, 0.15) is 5.75 Å². The van der Waals surface area contributed by atoms with E-state index in [0.717, 1.165) is 30.9 Å². The molecule has 0 aromatic heterocycles. The molecule has 0 bridgehead atoms. The summed E-state index contributed by atoms with van der Waals surface area (Å²) in [6, 6.07) is 14.9. The Labute approximate surface area is 126 Å². The van der Waals surface area contributed by atoms with Crippen LogP contribution in [0.3, 0.4) is 0 Å². The fourth-order valence-electron chi connectivity index (χ4n) is 2.96. The first-order valence-corrected chi connectivity index (χ1v) is 7.39. The highest BCUT2D eigenvalue weighted by Crippen LogP contribution is 2.28. The lowest BCUT2D eigenvalue weighted by molar-refractivity contribution is 0.270. The first-order valence-electron chi connectivity index (χ1n) is 7.39. The first-order chi connectivity index (χ1) is 10.2. The van der Waals surface area contributed by atoms with Gasteiger partial charge < -0.3 is 10.5 Å². The summed E-state index contributed by atoms with van der Waals surface area (Å²) in [7, 11) is 1.73. The number of nitrogens with two attached hydrogens (primary N) is 1. The Morgan fingerprint density at radius 1 is 1.14 bits per heavy atom. The third-order valence-electron chi connectivity index (χ3n) is 4.13. The Morgan fingerprint density at radius 2 is 1.81 bits per heavy atom. The second kappa shape index (κ2) is 5.88. The molecule has 1 unspecified atom stereocenters. The largest absolute Gasteiger partial charge is 0.496 e. The SMILES string of the molecule is COc1ccc(C(C)N)cc1CN1Cc2ccccc2C1. The van der Waals surface area contributed by atoms with E-state index < -0.39 is 0 Å². The van der Waals surface area contributed by atoms with Gasteiger partial charge in [0, 0.05) is 31.2 Å². The predicted molar refractivity (Wildman–Crippen MR) is 85.0 cm³/mol. The van der Waals surface area contributed by atoms with E-state index in [1.54, 1.807) is 7.11 Å². The van der Waals surface area contributed by atoms with Crippen molar-refractivity contribution in [1.82, 2.24) is 4.90 Å². The third kappa shape index (κ3) is 2.94. The van der Waals surface area contributed by atoms with Gasteiger partial charge >= 0.3 is 0 Å². The molecule has 21 heavy (non-hydrogen) atoms. The number of ether oxygens (including phenoxy) is 1. The van der Waals surface area contributed by atoms with Crippen molar-refractivity contribution in [1.29, 1.82) is 0 Å². The van der Waals surface area contributed by atoms with Crippen molar-refractivity contribution in [3.05, 3.63) is 64.7 Å². The minimum atomic E-state index is 0.0467. The fraction of sp³-hybridized carbons (Fsp3) is 0.333. The Morgan fingerprint density at radius 3 is 2.38 bits per heavy atom. The average molecular weight is 282 g/mol. The van der Waals surface area contributed by atoms with E-state index in [1.165, 1.54) is 16.7 Å². The van der Waals surface area contributed by atoms with E-state index in [-0.39, 0.29) is 6.04 Å². The zero-order chi connectivity index (χ0) is 14.8. The second-order valence-electron chi connectivity index (χ2n) is 5.77.